The summed E-state index contributed by atoms with van der Waals surface area (Å²) in [5.74, 6) is 0.904. The van der Waals surface area contributed by atoms with Gasteiger partial charge in [0.05, 0.1) is 16.8 Å². The Morgan fingerprint density at radius 2 is 1.67 bits per heavy atom. The zero-order chi connectivity index (χ0) is 28.9. The molecule has 0 unspecified atom stereocenters. The first-order valence-electron chi connectivity index (χ1n) is 13.2. The molecule has 0 saturated carbocycles. The molecule has 0 bridgehead atoms. The fourth-order valence-corrected chi connectivity index (χ4v) is 4.85. The van der Waals surface area contributed by atoms with Gasteiger partial charge in [0.15, 0.2) is 5.78 Å². The molecule has 0 atom stereocenters. The number of benzene rings is 4. The number of aromatic nitrogens is 4. The minimum Gasteiger partial charge on any atom is -0.411 e. The number of hydrogen-bond acceptors (Lipinski definition) is 7. The molecule has 6 aromatic rings. The van der Waals surface area contributed by atoms with Gasteiger partial charge in [-0.15, -0.1) is 10.2 Å². The van der Waals surface area contributed by atoms with Gasteiger partial charge < -0.3 is 14.7 Å². The first kappa shape index (κ1) is 26.9. The average molecular weight is 572 g/mol. The van der Waals surface area contributed by atoms with Crippen LogP contribution in [-0.4, -0.2) is 37.6 Å². The third-order valence-electron chi connectivity index (χ3n) is 6.46. The highest BCUT2D eigenvalue weighted by atomic mass is 32.2. The summed E-state index contributed by atoms with van der Waals surface area (Å²) >= 11 is 1.15. The van der Waals surface area contributed by atoms with Gasteiger partial charge in [0, 0.05) is 22.4 Å². The predicted molar refractivity (Wildman–Crippen MR) is 165 cm³/mol. The molecule has 0 radical (unpaired) electrons. The number of anilines is 1. The van der Waals surface area contributed by atoms with Gasteiger partial charge in [-0.2, -0.15) is 0 Å². The summed E-state index contributed by atoms with van der Waals surface area (Å²) in [4.78, 5) is 32.9. The third kappa shape index (κ3) is 6.37. The smallest absolute Gasteiger partial charge is 0.277 e. The van der Waals surface area contributed by atoms with Crippen molar-refractivity contribution in [3.05, 3.63) is 120 Å². The van der Waals surface area contributed by atoms with Gasteiger partial charge in [-0.3, -0.25) is 9.59 Å². The molecule has 6 rings (SSSR count). The van der Waals surface area contributed by atoms with Crippen molar-refractivity contribution >= 4 is 46.2 Å². The van der Waals surface area contributed by atoms with Crippen LogP contribution in [0.1, 0.15) is 21.5 Å². The summed E-state index contributed by atoms with van der Waals surface area (Å²) in [6.07, 6.45) is 3.31. The van der Waals surface area contributed by atoms with Crippen molar-refractivity contribution in [3.63, 3.8) is 0 Å². The summed E-state index contributed by atoms with van der Waals surface area (Å²) in [5.41, 5.74) is 6.88. The molecule has 8 nitrogen and oxygen atoms in total. The van der Waals surface area contributed by atoms with Crippen molar-refractivity contribution in [2.45, 2.75) is 12.1 Å². The lowest BCUT2D eigenvalue weighted by Gasteiger charge is -2.05. The number of fused-ring (bicyclic) bond motifs is 1. The first-order chi connectivity index (χ1) is 20.5. The van der Waals surface area contributed by atoms with E-state index in [4.69, 9.17) is 4.42 Å². The molecule has 4 aromatic carbocycles. The number of thioether (sulfide) groups is 1. The van der Waals surface area contributed by atoms with Crippen LogP contribution in [0.4, 0.5) is 5.69 Å². The van der Waals surface area contributed by atoms with Crippen molar-refractivity contribution in [3.8, 4) is 22.8 Å². The number of carbonyl (C=O) groups is 2. The lowest BCUT2D eigenvalue weighted by atomic mass is 10.1. The molecular weight excluding hydrogens is 546 g/mol. The number of ketones is 1. The summed E-state index contributed by atoms with van der Waals surface area (Å²) < 4.78 is 5.77. The van der Waals surface area contributed by atoms with E-state index in [1.807, 2.05) is 73.7 Å². The number of nitrogens with one attached hydrogen (secondary N) is 2. The molecule has 206 valence electrons. The van der Waals surface area contributed by atoms with Crippen LogP contribution >= 0.6 is 11.8 Å². The SMILES string of the molecule is Cc1ccc2nc(-c3ccc(-c4nnc(SCC(=O)Nc5ccc(C(=O)/C=C/c6ccccc6)cc5)o4)cc3)[nH]c2c1. The summed E-state index contributed by atoms with van der Waals surface area (Å²) in [6.45, 7) is 2.05. The maximum Gasteiger partial charge on any atom is 0.277 e. The van der Waals surface area contributed by atoms with Crippen LogP contribution in [0.5, 0.6) is 0 Å². The van der Waals surface area contributed by atoms with E-state index in [0.717, 1.165) is 45.3 Å². The van der Waals surface area contributed by atoms with Crippen LogP contribution in [0.3, 0.4) is 0 Å². The highest BCUT2D eigenvalue weighted by molar-refractivity contribution is 7.99. The molecule has 0 aliphatic heterocycles. The molecule has 2 N–H and O–H groups in total. The van der Waals surface area contributed by atoms with Crippen molar-refractivity contribution in [1.29, 1.82) is 0 Å². The number of H-pyrrole nitrogens is 1. The lowest BCUT2D eigenvalue weighted by molar-refractivity contribution is -0.113. The monoisotopic (exact) mass is 571 g/mol. The number of nitrogens with zero attached hydrogens (tertiary/aromatic N) is 3. The third-order valence-corrected chi connectivity index (χ3v) is 7.27. The number of aryl methyl sites for hydroxylation is 1. The first-order valence-corrected chi connectivity index (χ1v) is 14.2. The number of aromatic amines is 1. The Bertz CT molecular complexity index is 1890. The maximum atomic E-state index is 12.5. The van der Waals surface area contributed by atoms with Gasteiger partial charge in [-0.25, -0.2) is 4.98 Å². The van der Waals surface area contributed by atoms with Crippen molar-refractivity contribution in [1.82, 2.24) is 20.2 Å². The maximum absolute atomic E-state index is 12.5. The summed E-state index contributed by atoms with van der Waals surface area (Å²) in [6, 6.07) is 30.2. The Kier molecular flexibility index (Phi) is 7.74. The molecule has 0 aliphatic rings. The molecule has 0 fully saturated rings. The predicted octanol–water partition coefficient (Wildman–Crippen LogP) is 7.22. The van der Waals surface area contributed by atoms with Crippen LogP contribution in [-0.2, 0) is 4.79 Å². The van der Waals surface area contributed by atoms with Gasteiger partial charge in [0.25, 0.3) is 5.22 Å². The van der Waals surface area contributed by atoms with E-state index in [1.165, 1.54) is 11.6 Å². The zero-order valence-corrected chi connectivity index (χ0v) is 23.4. The normalized spacial score (nSPS) is 11.3. The molecule has 42 heavy (non-hydrogen) atoms. The Balaban J connectivity index is 1.01. The average Bonchev–Trinajstić information content (AvgIpc) is 3.67. The lowest BCUT2D eigenvalue weighted by Crippen LogP contribution is -2.14. The minimum absolute atomic E-state index is 0.0899. The van der Waals surface area contributed by atoms with E-state index in [0.29, 0.717) is 22.4 Å². The number of carbonyl (C=O) groups excluding carboxylic acids is 2. The van der Waals surface area contributed by atoms with E-state index < -0.39 is 0 Å². The molecule has 9 heteroatoms. The number of allylic oxidation sites excluding steroid dienone is 1. The number of imidazole rings is 1. The summed E-state index contributed by atoms with van der Waals surface area (Å²) in [7, 11) is 0. The van der Waals surface area contributed by atoms with Crippen LogP contribution in [0.25, 0.3) is 40.0 Å². The van der Waals surface area contributed by atoms with E-state index in [1.54, 1.807) is 30.3 Å². The van der Waals surface area contributed by atoms with E-state index >= 15 is 0 Å². The van der Waals surface area contributed by atoms with E-state index in [2.05, 4.69) is 31.5 Å². The van der Waals surface area contributed by atoms with Gasteiger partial charge in [0.1, 0.15) is 5.82 Å². The highest BCUT2D eigenvalue weighted by Crippen LogP contribution is 2.27. The molecule has 0 aliphatic carbocycles. The van der Waals surface area contributed by atoms with Crippen molar-refractivity contribution in [2.75, 3.05) is 11.1 Å². The van der Waals surface area contributed by atoms with Gasteiger partial charge in [-0.1, -0.05) is 66.4 Å². The summed E-state index contributed by atoms with van der Waals surface area (Å²) in [5, 5.41) is 11.3. The second-order valence-corrected chi connectivity index (χ2v) is 10.5. The van der Waals surface area contributed by atoms with Crippen LogP contribution in [0.15, 0.2) is 113 Å². The van der Waals surface area contributed by atoms with Crippen molar-refractivity contribution in [2.24, 2.45) is 0 Å². The quantitative estimate of drug-likeness (QED) is 0.107. The van der Waals surface area contributed by atoms with Crippen LogP contribution < -0.4 is 5.32 Å². The Labute approximate surface area is 245 Å². The van der Waals surface area contributed by atoms with E-state index in [9.17, 15) is 9.59 Å². The van der Waals surface area contributed by atoms with Gasteiger partial charge in [-0.05, 0) is 72.7 Å². The van der Waals surface area contributed by atoms with Crippen LogP contribution in [0, 0.1) is 6.92 Å². The fourth-order valence-electron chi connectivity index (χ4n) is 4.29. The number of hydrogen-bond donors (Lipinski definition) is 2. The molecular formula is C33H25N5O3S. The second kappa shape index (κ2) is 12.1. The highest BCUT2D eigenvalue weighted by Gasteiger charge is 2.13. The number of rotatable bonds is 9. The Hall–Kier alpha value is -5.28. The van der Waals surface area contributed by atoms with Crippen molar-refractivity contribution < 1.29 is 14.0 Å². The Morgan fingerprint density at radius 3 is 2.45 bits per heavy atom. The fraction of sp³-hybridized carbons (Fsp3) is 0.0606. The largest absolute Gasteiger partial charge is 0.411 e. The molecule has 2 heterocycles. The number of amides is 1. The van der Waals surface area contributed by atoms with Gasteiger partial charge >= 0.3 is 0 Å². The molecule has 0 spiro atoms. The Morgan fingerprint density at radius 1 is 0.905 bits per heavy atom. The van der Waals surface area contributed by atoms with Crippen LogP contribution in [0.2, 0.25) is 0 Å². The second-order valence-electron chi connectivity index (χ2n) is 9.58. The molecule has 2 aromatic heterocycles. The van der Waals surface area contributed by atoms with Gasteiger partial charge in [0.2, 0.25) is 11.8 Å². The molecule has 0 saturated heterocycles. The standard InChI is InChI=1S/C33H25N5O3S/c1-21-7-17-27-28(19-21)36-31(35-27)24-9-11-25(12-10-24)32-37-38-33(41-32)42-20-30(40)34-26-15-13-23(14-16-26)29(39)18-8-22-5-3-2-4-6-22/h2-19H,20H2,1H3,(H,34,40)(H,35,36)/b18-8+. The zero-order valence-electron chi connectivity index (χ0n) is 22.6. The molecule has 1 amide bonds. The minimum atomic E-state index is -0.229. The van der Waals surface area contributed by atoms with E-state index in [-0.39, 0.29) is 17.4 Å². The topological polar surface area (TPSA) is 114 Å².